The molecule has 2 aromatic rings. The summed E-state index contributed by atoms with van der Waals surface area (Å²) in [7, 11) is 0. The standard InChI is InChI=1S/C14H17N3O/c1-3-9(2)14(18)17-12-7-6-11(15)13-10(12)5-4-8-16-13/h4-9H,3,15H2,1-2H3,(H,17,18). The normalized spacial score (nSPS) is 12.3. The van der Waals surface area contributed by atoms with E-state index >= 15 is 0 Å². The van der Waals surface area contributed by atoms with Crippen molar-refractivity contribution in [2.45, 2.75) is 20.3 Å². The van der Waals surface area contributed by atoms with Gasteiger partial charge in [-0.1, -0.05) is 13.8 Å². The lowest BCUT2D eigenvalue weighted by Gasteiger charge is -2.12. The zero-order valence-corrected chi connectivity index (χ0v) is 10.6. The molecule has 0 fully saturated rings. The highest BCUT2D eigenvalue weighted by molar-refractivity contribution is 6.04. The van der Waals surface area contributed by atoms with Gasteiger partial charge in [0.2, 0.25) is 5.91 Å². The van der Waals surface area contributed by atoms with E-state index in [0.29, 0.717) is 5.69 Å². The highest BCUT2D eigenvalue weighted by atomic mass is 16.1. The zero-order valence-electron chi connectivity index (χ0n) is 10.6. The van der Waals surface area contributed by atoms with Crippen molar-refractivity contribution in [3.8, 4) is 0 Å². The van der Waals surface area contributed by atoms with Crippen LogP contribution in [-0.2, 0) is 4.79 Å². The Hall–Kier alpha value is -2.10. The molecule has 4 heteroatoms. The van der Waals surface area contributed by atoms with Crippen LogP contribution >= 0.6 is 0 Å². The molecule has 0 saturated heterocycles. The van der Waals surface area contributed by atoms with Crippen LogP contribution in [0.15, 0.2) is 30.5 Å². The quantitative estimate of drug-likeness (QED) is 0.814. The zero-order chi connectivity index (χ0) is 13.1. The lowest BCUT2D eigenvalue weighted by Crippen LogP contribution is -2.19. The van der Waals surface area contributed by atoms with Crippen molar-refractivity contribution in [3.05, 3.63) is 30.5 Å². The third-order valence-corrected chi connectivity index (χ3v) is 3.12. The minimum absolute atomic E-state index is 0.00530. The van der Waals surface area contributed by atoms with Crippen LogP contribution in [-0.4, -0.2) is 10.9 Å². The maximum absolute atomic E-state index is 11.9. The Morgan fingerprint density at radius 2 is 2.22 bits per heavy atom. The highest BCUT2D eigenvalue weighted by Crippen LogP contribution is 2.26. The molecule has 4 nitrogen and oxygen atoms in total. The van der Waals surface area contributed by atoms with Gasteiger partial charge < -0.3 is 11.1 Å². The molecule has 0 aliphatic carbocycles. The van der Waals surface area contributed by atoms with E-state index in [4.69, 9.17) is 5.73 Å². The minimum atomic E-state index is -0.00530. The number of anilines is 2. The molecule has 1 atom stereocenters. The molecule has 1 heterocycles. The van der Waals surface area contributed by atoms with Gasteiger partial charge in [0.1, 0.15) is 0 Å². The number of carbonyl (C=O) groups excluding carboxylic acids is 1. The second-order valence-corrected chi connectivity index (χ2v) is 4.40. The van der Waals surface area contributed by atoms with Crippen molar-refractivity contribution >= 4 is 28.2 Å². The number of aromatic nitrogens is 1. The predicted molar refractivity (Wildman–Crippen MR) is 74.2 cm³/mol. The summed E-state index contributed by atoms with van der Waals surface area (Å²) in [5, 5.41) is 3.80. The van der Waals surface area contributed by atoms with Gasteiger partial charge in [-0.25, -0.2) is 0 Å². The number of benzene rings is 1. The molecular weight excluding hydrogens is 226 g/mol. The first-order chi connectivity index (χ1) is 8.63. The van der Waals surface area contributed by atoms with Crippen molar-refractivity contribution in [3.63, 3.8) is 0 Å². The van der Waals surface area contributed by atoms with Gasteiger partial charge in [-0.2, -0.15) is 0 Å². The van der Waals surface area contributed by atoms with Gasteiger partial charge in [0.15, 0.2) is 0 Å². The molecule has 0 aliphatic heterocycles. The molecule has 1 amide bonds. The predicted octanol–water partition coefficient (Wildman–Crippen LogP) is 2.80. The first kappa shape index (κ1) is 12.4. The Bertz CT molecular complexity index is 580. The fourth-order valence-electron chi connectivity index (χ4n) is 1.74. The Kier molecular flexibility index (Phi) is 3.46. The topological polar surface area (TPSA) is 68.0 Å². The molecule has 1 aromatic carbocycles. The first-order valence-corrected chi connectivity index (χ1v) is 6.07. The number of pyridine rings is 1. The van der Waals surface area contributed by atoms with Crippen LogP contribution in [0.4, 0.5) is 11.4 Å². The van der Waals surface area contributed by atoms with E-state index in [-0.39, 0.29) is 11.8 Å². The van der Waals surface area contributed by atoms with Gasteiger partial charge in [0.25, 0.3) is 0 Å². The van der Waals surface area contributed by atoms with Crippen LogP contribution < -0.4 is 11.1 Å². The van der Waals surface area contributed by atoms with Crippen LogP contribution in [0, 0.1) is 5.92 Å². The number of nitrogen functional groups attached to an aromatic ring is 1. The second-order valence-electron chi connectivity index (χ2n) is 4.40. The molecule has 2 rings (SSSR count). The summed E-state index contributed by atoms with van der Waals surface area (Å²) in [5.41, 5.74) is 7.97. The van der Waals surface area contributed by atoms with Crippen LogP contribution in [0.25, 0.3) is 10.9 Å². The molecule has 18 heavy (non-hydrogen) atoms. The number of nitrogens with one attached hydrogen (secondary N) is 1. The van der Waals surface area contributed by atoms with Crippen LogP contribution in [0.2, 0.25) is 0 Å². The largest absolute Gasteiger partial charge is 0.397 e. The fraction of sp³-hybridized carbons (Fsp3) is 0.286. The lowest BCUT2D eigenvalue weighted by molar-refractivity contribution is -0.119. The Morgan fingerprint density at radius 3 is 2.94 bits per heavy atom. The SMILES string of the molecule is CCC(C)C(=O)Nc1ccc(N)c2ncccc12. The summed E-state index contributed by atoms with van der Waals surface area (Å²) in [5.74, 6) is 0.0155. The molecule has 0 spiro atoms. The summed E-state index contributed by atoms with van der Waals surface area (Å²) in [6.07, 6.45) is 2.51. The smallest absolute Gasteiger partial charge is 0.227 e. The van der Waals surface area contributed by atoms with E-state index in [1.165, 1.54) is 0 Å². The third-order valence-electron chi connectivity index (χ3n) is 3.12. The van der Waals surface area contributed by atoms with Crippen LogP contribution in [0.5, 0.6) is 0 Å². The average molecular weight is 243 g/mol. The average Bonchev–Trinajstić information content (AvgIpc) is 2.41. The maximum Gasteiger partial charge on any atom is 0.227 e. The number of hydrogen-bond acceptors (Lipinski definition) is 3. The number of nitrogens with two attached hydrogens (primary N) is 1. The van der Waals surface area contributed by atoms with Gasteiger partial charge in [-0.3, -0.25) is 9.78 Å². The van der Waals surface area contributed by atoms with Gasteiger partial charge >= 0.3 is 0 Å². The number of amides is 1. The van der Waals surface area contributed by atoms with E-state index < -0.39 is 0 Å². The summed E-state index contributed by atoms with van der Waals surface area (Å²) < 4.78 is 0. The Morgan fingerprint density at radius 1 is 1.44 bits per heavy atom. The van der Waals surface area contributed by atoms with Crippen molar-refractivity contribution in [2.75, 3.05) is 11.1 Å². The van der Waals surface area contributed by atoms with Crippen molar-refractivity contribution < 1.29 is 4.79 Å². The molecule has 3 N–H and O–H groups in total. The van der Waals surface area contributed by atoms with E-state index in [1.807, 2.05) is 32.0 Å². The molecule has 1 unspecified atom stereocenters. The van der Waals surface area contributed by atoms with E-state index in [2.05, 4.69) is 10.3 Å². The third kappa shape index (κ3) is 2.27. The van der Waals surface area contributed by atoms with E-state index in [1.54, 1.807) is 12.3 Å². The molecular formula is C14H17N3O. The molecule has 94 valence electrons. The number of carbonyl (C=O) groups is 1. The van der Waals surface area contributed by atoms with Crippen molar-refractivity contribution in [1.29, 1.82) is 0 Å². The number of nitrogens with zero attached hydrogens (tertiary/aromatic N) is 1. The summed E-state index contributed by atoms with van der Waals surface area (Å²) >= 11 is 0. The Balaban J connectivity index is 2.40. The molecule has 0 bridgehead atoms. The first-order valence-electron chi connectivity index (χ1n) is 6.07. The number of hydrogen-bond donors (Lipinski definition) is 2. The van der Waals surface area contributed by atoms with Gasteiger partial charge in [-0.05, 0) is 30.7 Å². The maximum atomic E-state index is 11.9. The van der Waals surface area contributed by atoms with Crippen molar-refractivity contribution in [1.82, 2.24) is 4.98 Å². The molecule has 0 saturated carbocycles. The summed E-state index contributed by atoms with van der Waals surface area (Å²) in [6.45, 7) is 3.90. The number of fused-ring (bicyclic) bond motifs is 1. The van der Waals surface area contributed by atoms with E-state index in [9.17, 15) is 4.79 Å². The summed E-state index contributed by atoms with van der Waals surface area (Å²) in [4.78, 5) is 16.1. The van der Waals surface area contributed by atoms with Gasteiger partial charge in [0, 0.05) is 17.5 Å². The van der Waals surface area contributed by atoms with Crippen molar-refractivity contribution in [2.24, 2.45) is 5.92 Å². The molecule has 0 aliphatic rings. The van der Waals surface area contributed by atoms with Gasteiger partial charge in [0.05, 0.1) is 16.9 Å². The molecule has 1 aromatic heterocycles. The fourth-order valence-corrected chi connectivity index (χ4v) is 1.74. The minimum Gasteiger partial charge on any atom is -0.397 e. The highest BCUT2D eigenvalue weighted by Gasteiger charge is 2.12. The molecule has 0 radical (unpaired) electrons. The number of rotatable bonds is 3. The van der Waals surface area contributed by atoms with E-state index in [0.717, 1.165) is 23.0 Å². The van der Waals surface area contributed by atoms with Crippen LogP contribution in [0.1, 0.15) is 20.3 Å². The summed E-state index contributed by atoms with van der Waals surface area (Å²) in [6, 6.07) is 7.33. The second kappa shape index (κ2) is 5.04. The van der Waals surface area contributed by atoms with Gasteiger partial charge in [-0.15, -0.1) is 0 Å². The van der Waals surface area contributed by atoms with Crippen LogP contribution in [0.3, 0.4) is 0 Å². The lowest BCUT2D eigenvalue weighted by atomic mass is 10.1. The monoisotopic (exact) mass is 243 g/mol. The Labute approximate surface area is 106 Å².